The Morgan fingerprint density at radius 2 is 1.78 bits per heavy atom. The second-order valence-electron chi connectivity index (χ2n) is 11.4. The number of ether oxygens (including phenoxy) is 2. The third kappa shape index (κ3) is 7.98. The molecule has 2 unspecified atom stereocenters. The Morgan fingerprint density at radius 1 is 1.00 bits per heavy atom. The highest BCUT2D eigenvalue weighted by molar-refractivity contribution is 5.96. The fourth-order valence-electron chi connectivity index (χ4n) is 5.77. The molecular formula is C36H40N4O5. The van der Waals surface area contributed by atoms with Crippen molar-refractivity contribution in [2.75, 3.05) is 33.4 Å². The van der Waals surface area contributed by atoms with E-state index in [0.29, 0.717) is 36.0 Å². The van der Waals surface area contributed by atoms with Crippen LogP contribution in [0.15, 0.2) is 84.7 Å². The van der Waals surface area contributed by atoms with Crippen molar-refractivity contribution in [2.45, 2.75) is 39.0 Å². The summed E-state index contributed by atoms with van der Waals surface area (Å²) < 4.78 is 10.3. The number of hydrogen-bond acceptors (Lipinski definition) is 7. The third-order valence-corrected chi connectivity index (χ3v) is 8.29. The minimum atomic E-state index is -0.552. The average molecular weight is 609 g/mol. The highest BCUT2D eigenvalue weighted by atomic mass is 16.5. The summed E-state index contributed by atoms with van der Waals surface area (Å²) in [6, 6.07) is 16.3. The van der Waals surface area contributed by atoms with Gasteiger partial charge >= 0.3 is 18.0 Å². The van der Waals surface area contributed by atoms with E-state index in [9.17, 15) is 14.4 Å². The van der Waals surface area contributed by atoms with Crippen molar-refractivity contribution in [3.63, 3.8) is 0 Å². The lowest BCUT2D eigenvalue weighted by molar-refractivity contribution is 0.0463. The van der Waals surface area contributed by atoms with Crippen LogP contribution in [0.4, 0.5) is 4.79 Å². The number of aryl methyl sites for hydroxylation is 2. The molecule has 0 bridgehead atoms. The second-order valence-corrected chi connectivity index (χ2v) is 11.4. The number of carbonyl (C=O) groups excluding carboxylic acids is 3. The average Bonchev–Trinajstić information content (AvgIpc) is 3.06. The molecule has 0 saturated carbocycles. The molecule has 3 aromatic rings. The van der Waals surface area contributed by atoms with Gasteiger partial charge in [-0.05, 0) is 67.8 Å². The zero-order chi connectivity index (χ0) is 31.8. The van der Waals surface area contributed by atoms with Crippen LogP contribution in [0.1, 0.15) is 62.8 Å². The summed E-state index contributed by atoms with van der Waals surface area (Å²) in [6.45, 7) is 5.99. The number of fused-ring (bicyclic) bond motifs is 1. The maximum absolute atomic E-state index is 12.7. The van der Waals surface area contributed by atoms with Crippen molar-refractivity contribution in [2.24, 2.45) is 5.92 Å². The molecule has 234 valence electrons. The third-order valence-electron chi connectivity index (χ3n) is 8.29. The highest BCUT2D eigenvalue weighted by Crippen LogP contribution is 2.31. The van der Waals surface area contributed by atoms with E-state index in [4.69, 9.17) is 9.47 Å². The van der Waals surface area contributed by atoms with E-state index in [0.717, 1.165) is 25.9 Å². The molecule has 2 aliphatic rings. The van der Waals surface area contributed by atoms with Gasteiger partial charge in [0.15, 0.2) is 0 Å². The number of aromatic nitrogens is 1. The largest absolute Gasteiger partial charge is 0.465 e. The van der Waals surface area contributed by atoms with Gasteiger partial charge in [-0.3, -0.25) is 4.98 Å². The number of nitrogens with one attached hydrogen (secondary N) is 2. The monoisotopic (exact) mass is 608 g/mol. The van der Waals surface area contributed by atoms with Crippen LogP contribution in [-0.4, -0.2) is 61.2 Å². The molecular weight excluding hydrogens is 568 g/mol. The molecule has 0 saturated heterocycles. The van der Waals surface area contributed by atoms with Gasteiger partial charge < -0.3 is 25.0 Å². The van der Waals surface area contributed by atoms with Crippen LogP contribution in [0.3, 0.4) is 0 Å². The molecule has 0 spiro atoms. The van der Waals surface area contributed by atoms with Crippen molar-refractivity contribution in [3.8, 4) is 0 Å². The Morgan fingerprint density at radius 3 is 2.51 bits per heavy atom. The van der Waals surface area contributed by atoms with Gasteiger partial charge in [0.25, 0.3) is 0 Å². The molecule has 2 aromatic carbocycles. The normalized spacial score (nSPS) is 17.5. The molecule has 5 rings (SSSR count). The first-order valence-corrected chi connectivity index (χ1v) is 15.4. The van der Waals surface area contributed by atoms with E-state index < -0.39 is 11.9 Å². The fourth-order valence-corrected chi connectivity index (χ4v) is 5.77. The molecule has 2 heterocycles. The lowest BCUT2D eigenvalue weighted by Crippen LogP contribution is -2.36. The van der Waals surface area contributed by atoms with E-state index in [1.54, 1.807) is 13.8 Å². The zero-order valence-corrected chi connectivity index (χ0v) is 26.0. The number of hydrogen-bond donors (Lipinski definition) is 2. The van der Waals surface area contributed by atoms with E-state index in [2.05, 4.69) is 75.3 Å². The van der Waals surface area contributed by atoms with Gasteiger partial charge in [-0.15, -0.1) is 0 Å². The number of esters is 2. The molecule has 1 aliphatic heterocycles. The molecule has 9 nitrogen and oxygen atoms in total. The summed E-state index contributed by atoms with van der Waals surface area (Å²) in [5, 5.41) is 8.41. The van der Waals surface area contributed by atoms with Crippen molar-refractivity contribution in [1.29, 1.82) is 0 Å². The lowest BCUT2D eigenvalue weighted by atomic mass is 9.89. The van der Waals surface area contributed by atoms with Crippen LogP contribution in [0.2, 0.25) is 0 Å². The number of pyridine rings is 1. The van der Waals surface area contributed by atoms with Gasteiger partial charge in [0, 0.05) is 37.2 Å². The zero-order valence-electron chi connectivity index (χ0n) is 26.0. The first-order chi connectivity index (χ1) is 21.8. The summed E-state index contributed by atoms with van der Waals surface area (Å²) in [7, 11) is 1.28. The minimum absolute atomic E-state index is 0.0286. The summed E-state index contributed by atoms with van der Waals surface area (Å²) >= 11 is 0. The molecule has 2 amide bonds. The molecule has 2 N–H and O–H groups in total. The van der Waals surface area contributed by atoms with Crippen molar-refractivity contribution in [3.05, 3.63) is 113 Å². The van der Waals surface area contributed by atoms with Crippen LogP contribution < -0.4 is 10.6 Å². The first kappa shape index (κ1) is 31.5. The van der Waals surface area contributed by atoms with Crippen molar-refractivity contribution < 1.29 is 23.9 Å². The quantitative estimate of drug-likeness (QED) is 0.216. The van der Waals surface area contributed by atoms with E-state index in [-0.39, 0.29) is 29.7 Å². The van der Waals surface area contributed by atoms with Gasteiger partial charge in [-0.1, -0.05) is 60.7 Å². The predicted octanol–water partition coefficient (Wildman–Crippen LogP) is 5.95. The van der Waals surface area contributed by atoms with Gasteiger partial charge in [0.05, 0.1) is 36.2 Å². The van der Waals surface area contributed by atoms with Gasteiger partial charge in [0.1, 0.15) is 0 Å². The summed E-state index contributed by atoms with van der Waals surface area (Å²) in [6.07, 6.45) is 12.7. The standard InChI is InChI=1S/C36H40N4O5/c1-24-32(34(41)44-3)22-33(25(2)38-24)35(42)45-23-26-12-14-29(15-13-26)39-36(43)37-18-7-19-40-20-16-28(17-21-40)31-11-6-9-27-8-4-5-10-30(27)31/h4-6,8-12,14-16,20,22,26,28H,7,13,17-19,21,23H2,1-3H3,(H2,37,39,43). The number of nitrogens with zero attached hydrogens (tertiary/aromatic N) is 2. The van der Waals surface area contributed by atoms with E-state index in [1.165, 1.54) is 29.5 Å². The number of allylic oxidation sites excluding steroid dienone is 3. The number of benzene rings is 2. The van der Waals surface area contributed by atoms with Crippen LogP contribution in [0.25, 0.3) is 10.8 Å². The molecule has 1 aromatic heterocycles. The predicted molar refractivity (Wildman–Crippen MR) is 174 cm³/mol. The molecule has 0 radical (unpaired) electrons. The SMILES string of the molecule is COC(=O)c1cc(C(=O)OCC2C=CC(NC(=O)NCCCN3C=CC(c4cccc5ccccc45)CC3)=CC2)c(C)nc1C. The minimum Gasteiger partial charge on any atom is -0.465 e. The fraction of sp³-hybridized carbons (Fsp3) is 0.333. The summed E-state index contributed by atoms with van der Waals surface area (Å²) in [5.74, 6) is -0.714. The number of rotatable bonds is 10. The molecule has 45 heavy (non-hydrogen) atoms. The molecule has 1 aliphatic carbocycles. The highest BCUT2D eigenvalue weighted by Gasteiger charge is 2.21. The van der Waals surface area contributed by atoms with Crippen molar-refractivity contribution in [1.82, 2.24) is 20.5 Å². The van der Waals surface area contributed by atoms with Crippen LogP contribution in [0, 0.1) is 19.8 Å². The Kier molecular flexibility index (Phi) is 10.3. The number of methoxy groups -OCH3 is 1. The molecule has 9 heteroatoms. The summed E-state index contributed by atoms with van der Waals surface area (Å²) in [5.41, 5.74) is 3.53. The van der Waals surface area contributed by atoms with E-state index in [1.807, 2.05) is 18.2 Å². The van der Waals surface area contributed by atoms with Gasteiger partial charge in [-0.2, -0.15) is 0 Å². The molecule has 2 atom stereocenters. The Balaban J connectivity index is 0.998. The van der Waals surface area contributed by atoms with E-state index >= 15 is 0 Å². The molecule has 0 fully saturated rings. The Labute approximate surface area is 264 Å². The maximum Gasteiger partial charge on any atom is 0.340 e. The second kappa shape index (κ2) is 14.7. The van der Waals surface area contributed by atoms with Crippen LogP contribution in [-0.2, 0) is 9.47 Å². The Bertz CT molecular complexity index is 1660. The van der Waals surface area contributed by atoms with Crippen LogP contribution >= 0.6 is 0 Å². The maximum atomic E-state index is 12.7. The smallest absolute Gasteiger partial charge is 0.340 e. The number of amides is 2. The Hall–Kier alpha value is -4.92. The van der Waals surface area contributed by atoms with Crippen LogP contribution in [0.5, 0.6) is 0 Å². The topological polar surface area (TPSA) is 110 Å². The van der Waals surface area contributed by atoms with Gasteiger partial charge in [-0.25, -0.2) is 14.4 Å². The number of urea groups is 1. The first-order valence-electron chi connectivity index (χ1n) is 15.4. The summed E-state index contributed by atoms with van der Waals surface area (Å²) in [4.78, 5) is 43.7. The van der Waals surface area contributed by atoms with Crippen molar-refractivity contribution >= 4 is 28.7 Å². The lowest BCUT2D eigenvalue weighted by Gasteiger charge is -2.28. The number of carbonyl (C=O) groups is 3. The van der Waals surface area contributed by atoms with Gasteiger partial charge in [0.2, 0.25) is 0 Å².